The predicted octanol–water partition coefficient (Wildman–Crippen LogP) is 0.299. The Bertz CT molecular complexity index is 430. The third kappa shape index (κ3) is 4.51. The number of piperazine rings is 1. The molecule has 3 nitrogen and oxygen atoms in total. The number of halogens is 1. The van der Waals surface area contributed by atoms with Crippen molar-refractivity contribution in [3.8, 4) is 5.75 Å². The van der Waals surface area contributed by atoms with Gasteiger partial charge in [0, 0.05) is 6.42 Å². The molecule has 1 aliphatic heterocycles. The molecule has 4 heteroatoms. The molecule has 0 radical (unpaired) electrons. The van der Waals surface area contributed by atoms with Crippen LogP contribution < -0.4 is 15.0 Å². The predicted molar refractivity (Wildman–Crippen MR) is 82.7 cm³/mol. The minimum absolute atomic E-state index is 0.698. The first kappa shape index (κ1) is 15.4. The van der Waals surface area contributed by atoms with E-state index in [0.29, 0.717) is 5.02 Å². The summed E-state index contributed by atoms with van der Waals surface area (Å²) < 4.78 is 5.91. The molecule has 3 N–H and O–H groups in total. The van der Waals surface area contributed by atoms with E-state index >= 15 is 0 Å². The van der Waals surface area contributed by atoms with Gasteiger partial charge >= 0.3 is 0 Å². The van der Waals surface area contributed by atoms with E-state index in [1.807, 2.05) is 18.2 Å². The summed E-state index contributed by atoms with van der Waals surface area (Å²) in [5, 5.41) is 3.09. The fraction of sp³-hybridized carbons (Fsp3) is 0.500. The largest absolute Gasteiger partial charge is 0.491 e. The average molecular weight is 297 g/mol. The second-order valence-corrected chi connectivity index (χ2v) is 5.70. The van der Waals surface area contributed by atoms with Crippen LogP contribution >= 0.6 is 11.6 Å². The third-order valence-electron chi connectivity index (χ3n) is 3.74. The Morgan fingerprint density at radius 3 is 2.90 bits per heavy atom. The van der Waals surface area contributed by atoms with Crippen molar-refractivity contribution in [3.63, 3.8) is 0 Å². The molecule has 0 saturated carbocycles. The van der Waals surface area contributed by atoms with Crippen molar-refractivity contribution in [1.82, 2.24) is 0 Å². The van der Waals surface area contributed by atoms with Crippen molar-refractivity contribution in [1.29, 1.82) is 0 Å². The molecular formula is C16H25ClN2O+2. The lowest BCUT2D eigenvalue weighted by Gasteiger charge is -2.22. The van der Waals surface area contributed by atoms with E-state index in [2.05, 4.69) is 18.0 Å². The number of allylic oxidation sites excluding steroid dienone is 1. The van der Waals surface area contributed by atoms with Crippen molar-refractivity contribution in [2.24, 2.45) is 0 Å². The molecule has 1 saturated heterocycles. The molecule has 20 heavy (non-hydrogen) atoms. The summed E-state index contributed by atoms with van der Waals surface area (Å²) in [5.74, 6) is 0.830. The van der Waals surface area contributed by atoms with E-state index in [4.69, 9.17) is 16.3 Å². The van der Waals surface area contributed by atoms with Gasteiger partial charge in [-0.15, -0.1) is 6.58 Å². The van der Waals surface area contributed by atoms with Crippen molar-refractivity contribution >= 4 is 11.6 Å². The zero-order valence-corrected chi connectivity index (χ0v) is 12.8. The van der Waals surface area contributed by atoms with Crippen LogP contribution in [-0.2, 0) is 6.42 Å². The minimum atomic E-state index is 0.698. The van der Waals surface area contributed by atoms with Gasteiger partial charge in [-0.2, -0.15) is 0 Å². The van der Waals surface area contributed by atoms with Gasteiger partial charge in [-0.3, -0.25) is 0 Å². The van der Waals surface area contributed by atoms with Gasteiger partial charge in [0.05, 0.1) is 18.2 Å². The standard InChI is InChI=1S/C16H23ClN2O/c1-2-5-14-6-3-7-15(17)16(14)20-13-4-10-19-11-8-18-9-12-19/h2-3,6-7,18H,1,4-5,8-13H2/p+2. The maximum Gasteiger partial charge on any atom is 0.141 e. The maximum atomic E-state index is 6.22. The van der Waals surface area contributed by atoms with Gasteiger partial charge < -0.3 is 15.0 Å². The van der Waals surface area contributed by atoms with Crippen LogP contribution in [0, 0.1) is 0 Å². The van der Waals surface area contributed by atoms with E-state index in [9.17, 15) is 0 Å². The first-order chi connectivity index (χ1) is 9.81. The lowest BCUT2D eigenvalue weighted by atomic mass is 10.1. The number of benzene rings is 1. The molecule has 1 aromatic rings. The lowest BCUT2D eigenvalue weighted by Crippen LogP contribution is -3.20. The minimum Gasteiger partial charge on any atom is -0.491 e. The van der Waals surface area contributed by atoms with Gasteiger partial charge in [-0.1, -0.05) is 29.8 Å². The number of rotatable bonds is 7. The van der Waals surface area contributed by atoms with Crippen LogP contribution in [0.25, 0.3) is 0 Å². The Kier molecular flexibility index (Phi) is 6.37. The molecule has 2 rings (SSSR count). The van der Waals surface area contributed by atoms with Crippen LogP contribution in [0.1, 0.15) is 12.0 Å². The quantitative estimate of drug-likeness (QED) is 0.550. The van der Waals surface area contributed by atoms with Crippen LogP contribution in [0.5, 0.6) is 5.75 Å². The SMILES string of the molecule is C=CCc1cccc(Cl)c1OCCC[NH+]1CC[NH2+]CC1. The van der Waals surface area contributed by atoms with E-state index < -0.39 is 0 Å². The molecule has 0 amide bonds. The lowest BCUT2D eigenvalue weighted by molar-refractivity contribution is -0.946. The molecule has 1 heterocycles. The van der Waals surface area contributed by atoms with E-state index in [1.165, 1.54) is 32.7 Å². The molecule has 0 aliphatic carbocycles. The first-order valence-electron chi connectivity index (χ1n) is 7.47. The van der Waals surface area contributed by atoms with Gasteiger partial charge in [0.15, 0.2) is 0 Å². The Morgan fingerprint density at radius 2 is 2.15 bits per heavy atom. The van der Waals surface area contributed by atoms with Crippen LogP contribution in [-0.4, -0.2) is 39.3 Å². The molecule has 0 bridgehead atoms. The molecule has 0 unspecified atom stereocenters. The smallest absolute Gasteiger partial charge is 0.141 e. The molecule has 1 aromatic carbocycles. The number of hydrogen-bond donors (Lipinski definition) is 2. The highest BCUT2D eigenvalue weighted by Gasteiger charge is 2.15. The zero-order valence-electron chi connectivity index (χ0n) is 12.0. The maximum absolute atomic E-state index is 6.22. The van der Waals surface area contributed by atoms with Gasteiger partial charge in [0.2, 0.25) is 0 Å². The third-order valence-corrected chi connectivity index (χ3v) is 4.04. The molecule has 1 fully saturated rings. The van der Waals surface area contributed by atoms with Crippen molar-refractivity contribution in [2.75, 3.05) is 39.3 Å². The monoisotopic (exact) mass is 296 g/mol. The Morgan fingerprint density at radius 1 is 1.35 bits per heavy atom. The molecular weight excluding hydrogens is 272 g/mol. The van der Waals surface area contributed by atoms with Crippen LogP contribution in [0.4, 0.5) is 0 Å². The highest BCUT2D eigenvalue weighted by Crippen LogP contribution is 2.29. The highest BCUT2D eigenvalue weighted by atomic mass is 35.5. The van der Waals surface area contributed by atoms with Crippen molar-refractivity contribution in [3.05, 3.63) is 41.4 Å². The number of para-hydroxylation sites is 1. The Balaban J connectivity index is 1.79. The second-order valence-electron chi connectivity index (χ2n) is 5.29. The summed E-state index contributed by atoms with van der Waals surface area (Å²) >= 11 is 6.22. The molecule has 1 aliphatic rings. The number of nitrogens with one attached hydrogen (secondary N) is 1. The number of ether oxygens (including phenoxy) is 1. The summed E-state index contributed by atoms with van der Waals surface area (Å²) in [6, 6.07) is 5.90. The average Bonchev–Trinajstić information content (AvgIpc) is 2.47. The van der Waals surface area contributed by atoms with E-state index in [0.717, 1.165) is 30.8 Å². The summed E-state index contributed by atoms with van der Waals surface area (Å²) in [5.41, 5.74) is 1.12. The van der Waals surface area contributed by atoms with E-state index in [-0.39, 0.29) is 0 Å². The summed E-state index contributed by atoms with van der Waals surface area (Å²) in [7, 11) is 0. The number of quaternary nitrogens is 2. The fourth-order valence-electron chi connectivity index (χ4n) is 2.66. The Labute approximate surface area is 126 Å². The van der Waals surface area contributed by atoms with Gasteiger partial charge in [-0.05, 0) is 18.1 Å². The fourth-order valence-corrected chi connectivity index (χ4v) is 2.91. The van der Waals surface area contributed by atoms with Crippen LogP contribution in [0.2, 0.25) is 5.02 Å². The Hall–Kier alpha value is -1.03. The summed E-state index contributed by atoms with van der Waals surface area (Å²) in [6.07, 6.45) is 3.75. The number of hydrogen-bond acceptors (Lipinski definition) is 1. The van der Waals surface area contributed by atoms with Crippen molar-refractivity contribution < 1.29 is 15.0 Å². The van der Waals surface area contributed by atoms with E-state index in [1.54, 1.807) is 4.90 Å². The normalized spacial score (nSPS) is 16.1. The summed E-state index contributed by atoms with van der Waals surface area (Å²) in [6.45, 7) is 10.8. The van der Waals surface area contributed by atoms with Gasteiger partial charge in [-0.25, -0.2) is 0 Å². The van der Waals surface area contributed by atoms with Gasteiger partial charge in [0.25, 0.3) is 0 Å². The molecule has 0 aromatic heterocycles. The first-order valence-corrected chi connectivity index (χ1v) is 7.85. The second kappa shape index (κ2) is 8.30. The van der Waals surface area contributed by atoms with Crippen molar-refractivity contribution in [2.45, 2.75) is 12.8 Å². The topological polar surface area (TPSA) is 30.3 Å². The van der Waals surface area contributed by atoms with Gasteiger partial charge in [0.1, 0.15) is 31.9 Å². The molecule has 110 valence electrons. The molecule has 0 atom stereocenters. The van der Waals surface area contributed by atoms with Crippen LogP contribution in [0.3, 0.4) is 0 Å². The van der Waals surface area contributed by atoms with Crippen LogP contribution in [0.15, 0.2) is 30.9 Å². The number of nitrogens with two attached hydrogens (primary N) is 1. The zero-order chi connectivity index (χ0) is 14.2. The highest BCUT2D eigenvalue weighted by molar-refractivity contribution is 6.32. The summed E-state index contributed by atoms with van der Waals surface area (Å²) in [4.78, 5) is 1.70. The molecule has 0 spiro atoms.